The third-order valence-electron chi connectivity index (χ3n) is 3.41. The Kier molecular flexibility index (Phi) is 11.9. The molecule has 5 N–H and O–H groups in total. The zero-order chi connectivity index (χ0) is 16.1. The van der Waals surface area contributed by atoms with Crippen molar-refractivity contribution in [2.45, 2.75) is 46.0 Å². The van der Waals surface area contributed by atoms with Gasteiger partial charge in [-0.25, -0.2) is 0 Å². The molecular weight excluding hydrogens is 268 g/mol. The van der Waals surface area contributed by atoms with Crippen LogP contribution in [0.2, 0.25) is 0 Å². The summed E-state index contributed by atoms with van der Waals surface area (Å²) in [5, 5.41) is 2.92. The van der Waals surface area contributed by atoms with Gasteiger partial charge in [0.1, 0.15) is 0 Å². The van der Waals surface area contributed by atoms with Gasteiger partial charge in [-0.3, -0.25) is 14.5 Å². The van der Waals surface area contributed by atoms with Crippen LogP contribution in [-0.2, 0) is 9.59 Å². The van der Waals surface area contributed by atoms with Crippen molar-refractivity contribution in [3.8, 4) is 0 Å². The standard InChI is InChI=1S/C15H32N4O2/c1-3-5-13(11-14(17)20)6-8-18-15(21)12-19(9-4-2)10-7-16/h13H,3-12,16H2,1-2H3,(H2,17,20)(H,18,21)/t13-/m1/s1. The molecule has 0 saturated heterocycles. The van der Waals surface area contributed by atoms with Gasteiger partial charge in [0, 0.05) is 26.1 Å². The molecule has 21 heavy (non-hydrogen) atoms. The molecule has 0 aliphatic carbocycles. The highest BCUT2D eigenvalue weighted by Crippen LogP contribution is 2.14. The van der Waals surface area contributed by atoms with Gasteiger partial charge in [0.05, 0.1) is 6.54 Å². The second-order valence-corrected chi connectivity index (χ2v) is 5.53. The fourth-order valence-electron chi connectivity index (χ4n) is 2.48. The second-order valence-electron chi connectivity index (χ2n) is 5.53. The quantitative estimate of drug-likeness (QED) is 0.460. The Bertz CT molecular complexity index is 291. The number of nitrogens with one attached hydrogen (secondary N) is 1. The van der Waals surface area contributed by atoms with Crippen LogP contribution in [0.15, 0.2) is 0 Å². The summed E-state index contributed by atoms with van der Waals surface area (Å²) in [7, 11) is 0. The van der Waals surface area contributed by atoms with E-state index in [9.17, 15) is 9.59 Å². The first kappa shape index (κ1) is 19.9. The number of nitrogens with zero attached hydrogens (tertiary/aromatic N) is 1. The first-order valence-electron chi connectivity index (χ1n) is 8.00. The summed E-state index contributed by atoms with van der Waals surface area (Å²) in [4.78, 5) is 24.9. The lowest BCUT2D eigenvalue weighted by Crippen LogP contribution is -2.40. The largest absolute Gasteiger partial charge is 0.370 e. The van der Waals surface area contributed by atoms with Gasteiger partial charge in [-0.15, -0.1) is 0 Å². The van der Waals surface area contributed by atoms with Crippen molar-refractivity contribution in [2.24, 2.45) is 17.4 Å². The lowest BCUT2D eigenvalue weighted by atomic mass is 9.96. The number of amides is 2. The normalized spacial score (nSPS) is 12.4. The van der Waals surface area contributed by atoms with Crippen LogP contribution in [0, 0.1) is 5.92 Å². The summed E-state index contributed by atoms with van der Waals surface area (Å²) in [6.07, 6.45) is 4.19. The fourth-order valence-corrected chi connectivity index (χ4v) is 2.48. The van der Waals surface area contributed by atoms with Crippen molar-refractivity contribution in [3.05, 3.63) is 0 Å². The first-order chi connectivity index (χ1) is 10.0. The molecule has 0 heterocycles. The predicted octanol–water partition coefficient (Wildman–Crippen LogP) is 0.455. The molecule has 6 nitrogen and oxygen atoms in total. The maximum Gasteiger partial charge on any atom is 0.234 e. The lowest BCUT2D eigenvalue weighted by molar-refractivity contribution is -0.122. The topological polar surface area (TPSA) is 101 Å². The molecule has 0 spiro atoms. The molecule has 0 saturated carbocycles. The van der Waals surface area contributed by atoms with Crippen LogP contribution in [0.5, 0.6) is 0 Å². The summed E-state index contributed by atoms with van der Waals surface area (Å²) in [5.41, 5.74) is 10.8. The molecule has 0 fully saturated rings. The molecule has 0 unspecified atom stereocenters. The van der Waals surface area contributed by atoms with Crippen LogP contribution in [0.3, 0.4) is 0 Å². The minimum Gasteiger partial charge on any atom is -0.370 e. The summed E-state index contributed by atoms with van der Waals surface area (Å²) in [5.74, 6) is 0.0200. The minimum atomic E-state index is -0.267. The molecule has 0 aliphatic rings. The highest BCUT2D eigenvalue weighted by Gasteiger charge is 2.13. The number of hydrogen-bond donors (Lipinski definition) is 3. The van der Waals surface area contributed by atoms with Crippen LogP contribution in [-0.4, -0.2) is 49.4 Å². The highest BCUT2D eigenvalue weighted by atomic mass is 16.2. The van der Waals surface area contributed by atoms with Gasteiger partial charge in [0.15, 0.2) is 0 Å². The van der Waals surface area contributed by atoms with Crippen molar-refractivity contribution < 1.29 is 9.59 Å². The van der Waals surface area contributed by atoms with E-state index >= 15 is 0 Å². The third-order valence-corrected chi connectivity index (χ3v) is 3.41. The molecule has 0 bridgehead atoms. The maximum atomic E-state index is 11.9. The number of primary amides is 1. The Balaban J connectivity index is 4.01. The molecule has 1 atom stereocenters. The number of hydrogen-bond acceptors (Lipinski definition) is 4. The highest BCUT2D eigenvalue weighted by molar-refractivity contribution is 5.78. The van der Waals surface area contributed by atoms with Gasteiger partial charge in [-0.2, -0.15) is 0 Å². The molecular formula is C15H32N4O2. The van der Waals surface area contributed by atoms with Gasteiger partial charge in [0.2, 0.25) is 11.8 Å². The summed E-state index contributed by atoms with van der Waals surface area (Å²) >= 11 is 0. The van der Waals surface area contributed by atoms with Crippen LogP contribution < -0.4 is 16.8 Å². The van der Waals surface area contributed by atoms with Gasteiger partial charge in [-0.1, -0.05) is 26.7 Å². The summed E-state index contributed by atoms with van der Waals surface area (Å²) in [6.45, 7) is 7.33. The number of nitrogens with two attached hydrogens (primary N) is 2. The van der Waals surface area contributed by atoms with E-state index in [1.165, 1.54) is 0 Å². The van der Waals surface area contributed by atoms with E-state index in [1.54, 1.807) is 0 Å². The number of rotatable bonds is 13. The Morgan fingerprint density at radius 1 is 1.14 bits per heavy atom. The Morgan fingerprint density at radius 2 is 1.86 bits per heavy atom. The molecule has 6 heteroatoms. The van der Waals surface area contributed by atoms with E-state index < -0.39 is 0 Å². The lowest BCUT2D eigenvalue weighted by Gasteiger charge is -2.20. The molecule has 0 rings (SSSR count). The Hall–Kier alpha value is -1.14. The molecule has 124 valence electrons. The van der Waals surface area contributed by atoms with E-state index in [1.807, 2.05) is 0 Å². The van der Waals surface area contributed by atoms with E-state index in [2.05, 4.69) is 24.1 Å². The zero-order valence-corrected chi connectivity index (χ0v) is 13.6. The average molecular weight is 300 g/mol. The first-order valence-corrected chi connectivity index (χ1v) is 8.00. The Morgan fingerprint density at radius 3 is 2.38 bits per heavy atom. The molecule has 0 aromatic heterocycles. The van der Waals surface area contributed by atoms with Gasteiger partial charge >= 0.3 is 0 Å². The van der Waals surface area contributed by atoms with E-state index in [0.29, 0.717) is 26.1 Å². The number of carbonyl (C=O) groups is 2. The minimum absolute atomic E-state index is 0.0197. The fraction of sp³-hybridized carbons (Fsp3) is 0.867. The van der Waals surface area contributed by atoms with E-state index in [-0.39, 0.29) is 17.7 Å². The summed E-state index contributed by atoms with van der Waals surface area (Å²) in [6, 6.07) is 0. The Labute approximate surface area is 128 Å². The van der Waals surface area contributed by atoms with E-state index in [4.69, 9.17) is 11.5 Å². The van der Waals surface area contributed by atoms with Crippen molar-refractivity contribution in [1.29, 1.82) is 0 Å². The molecule has 0 aliphatic heterocycles. The van der Waals surface area contributed by atoms with Crippen LogP contribution in [0.25, 0.3) is 0 Å². The maximum absolute atomic E-state index is 11.9. The van der Waals surface area contributed by atoms with Crippen molar-refractivity contribution in [2.75, 3.05) is 32.7 Å². The van der Waals surface area contributed by atoms with E-state index in [0.717, 1.165) is 38.8 Å². The second kappa shape index (κ2) is 12.6. The average Bonchev–Trinajstić information content (AvgIpc) is 2.38. The SMILES string of the molecule is CCC[C@H](CCNC(=O)CN(CCC)CCN)CC(N)=O. The molecule has 0 aromatic rings. The smallest absolute Gasteiger partial charge is 0.234 e. The number of carbonyl (C=O) groups excluding carboxylic acids is 2. The molecule has 0 radical (unpaired) electrons. The van der Waals surface area contributed by atoms with Crippen LogP contribution >= 0.6 is 0 Å². The van der Waals surface area contributed by atoms with Gasteiger partial charge < -0.3 is 16.8 Å². The van der Waals surface area contributed by atoms with Gasteiger partial charge in [-0.05, 0) is 25.3 Å². The van der Waals surface area contributed by atoms with Crippen LogP contribution in [0.4, 0.5) is 0 Å². The monoisotopic (exact) mass is 300 g/mol. The molecule has 2 amide bonds. The molecule has 0 aromatic carbocycles. The van der Waals surface area contributed by atoms with Crippen molar-refractivity contribution in [3.63, 3.8) is 0 Å². The predicted molar refractivity (Wildman–Crippen MR) is 85.6 cm³/mol. The van der Waals surface area contributed by atoms with Crippen molar-refractivity contribution >= 4 is 11.8 Å². The summed E-state index contributed by atoms with van der Waals surface area (Å²) < 4.78 is 0. The van der Waals surface area contributed by atoms with Crippen LogP contribution in [0.1, 0.15) is 46.0 Å². The zero-order valence-electron chi connectivity index (χ0n) is 13.6. The van der Waals surface area contributed by atoms with Gasteiger partial charge in [0.25, 0.3) is 0 Å². The third kappa shape index (κ3) is 11.2. The van der Waals surface area contributed by atoms with Crippen molar-refractivity contribution in [1.82, 2.24) is 10.2 Å².